The van der Waals surface area contributed by atoms with E-state index in [0.29, 0.717) is 0 Å². The van der Waals surface area contributed by atoms with Crippen molar-refractivity contribution in [3.05, 3.63) is 47.6 Å². The lowest BCUT2D eigenvalue weighted by molar-refractivity contribution is 0.136. The molecule has 2 heteroatoms. The summed E-state index contributed by atoms with van der Waals surface area (Å²) in [7, 11) is 0. The molecule has 0 fully saturated rings. The highest BCUT2D eigenvalue weighted by Gasteiger charge is 2.29. The summed E-state index contributed by atoms with van der Waals surface area (Å²) in [6.07, 6.45) is 12.2. The Morgan fingerprint density at radius 2 is 2.17 bits per heavy atom. The van der Waals surface area contributed by atoms with E-state index in [4.69, 9.17) is 4.84 Å². The third-order valence-corrected chi connectivity index (χ3v) is 2.23. The molecule has 0 aromatic rings. The molecule has 0 aromatic carbocycles. The summed E-state index contributed by atoms with van der Waals surface area (Å²) in [5, 5.41) is 3.97. The highest BCUT2D eigenvalue weighted by molar-refractivity contribution is 6.14. The van der Waals surface area contributed by atoms with E-state index in [2.05, 4.69) is 17.3 Å². The van der Waals surface area contributed by atoms with Crippen LogP contribution in [0.25, 0.3) is 0 Å². The Hall–Kier alpha value is -1.57. The van der Waals surface area contributed by atoms with Gasteiger partial charge in [-0.2, -0.15) is 0 Å². The Bertz CT molecular complexity index is 383. The van der Waals surface area contributed by atoms with Gasteiger partial charge in [-0.3, -0.25) is 0 Å². The highest BCUT2D eigenvalue weighted by atomic mass is 16.6. The van der Waals surface area contributed by atoms with E-state index < -0.39 is 0 Å². The Kier molecular flexibility index (Phi) is 0.987. The molecule has 1 unspecified atom stereocenters. The molecule has 0 radical (unpaired) electrons. The molecule has 0 N–H and O–H groups in total. The topological polar surface area (TPSA) is 21.6 Å². The molecule has 58 valence electrons. The van der Waals surface area contributed by atoms with Crippen molar-refractivity contribution in [2.24, 2.45) is 5.16 Å². The predicted octanol–water partition coefficient (Wildman–Crippen LogP) is 1.73. The summed E-state index contributed by atoms with van der Waals surface area (Å²) in [6, 6.07) is 0. The molecule has 0 bridgehead atoms. The van der Waals surface area contributed by atoms with E-state index in [-0.39, 0.29) is 6.10 Å². The fraction of sp³-hybridized carbons (Fsp3) is 0.100. The number of oxime groups is 1. The normalized spacial score (nSPS) is 28.7. The average molecular weight is 157 g/mol. The highest BCUT2D eigenvalue weighted by Crippen LogP contribution is 2.30. The van der Waals surface area contributed by atoms with E-state index in [0.717, 1.165) is 5.71 Å². The van der Waals surface area contributed by atoms with Gasteiger partial charge in [0, 0.05) is 5.57 Å². The van der Waals surface area contributed by atoms with Gasteiger partial charge in [0.1, 0.15) is 5.71 Å². The van der Waals surface area contributed by atoms with E-state index >= 15 is 0 Å². The molecule has 0 saturated carbocycles. The quantitative estimate of drug-likeness (QED) is 0.524. The van der Waals surface area contributed by atoms with Crippen LogP contribution in [0, 0.1) is 0 Å². The zero-order chi connectivity index (χ0) is 7.97. The largest absolute Gasteiger partial charge is 0.383 e. The van der Waals surface area contributed by atoms with Gasteiger partial charge in [0.05, 0.1) is 0 Å². The van der Waals surface area contributed by atoms with Crippen molar-refractivity contribution in [1.29, 1.82) is 0 Å². The minimum Gasteiger partial charge on any atom is -0.383 e. The molecule has 1 atom stereocenters. The van der Waals surface area contributed by atoms with Crippen LogP contribution in [0.5, 0.6) is 0 Å². The van der Waals surface area contributed by atoms with Crippen LogP contribution in [0.3, 0.4) is 0 Å². The van der Waals surface area contributed by atoms with Crippen molar-refractivity contribution >= 4 is 5.71 Å². The van der Waals surface area contributed by atoms with E-state index in [1.54, 1.807) is 0 Å². The Labute approximate surface area is 70.2 Å². The molecule has 3 rings (SSSR count). The van der Waals surface area contributed by atoms with Crippen LogP contribution in [-0.2, 0) is 4.84 Å². The van der Waals surface area contributed by atoms with Crippen molar-refractivity contribution in [2.45, 2.75) is 6.10 Å². The molecule has 0 amide bonds. The lowest BCUT2D eigenvalue weighted by atomic mass is 10.1. The molecule has 1 aliphatic heterocycles. The first-order valence-electron chi connectivity index (χ1n) is 3.96. The molecule has 0 aromatic heterocycles. The number of allylic oxidation sites excluding steroid dienone is 6. The number of rotatable bonds is 0. The summed E-state index contributed by atoms with van der Waals surface area (Å²) in [5.41, 5.74) is 3.41. The summed E-state index contributed by atoms with van der Waals surface area (Å²) in [4.78, 5) is 5.22. The van der Waals surface area contributed by atoms with Crippen LogP contribution < -0.4 is 0 Å². The number of hydrogen-bond donors (Lipinski definition) is 0. The molecular formula is C10H7NO. The zero-order valence-corrected chi connectivity index (χ0v) is 6.40. The van der Waals surface area contributed by atoms with Crippen LogP contribution in [0.15, 0.2) is 52.8 Å². The van der Waals surface area contributed by atoms with Gasteiger partial charge in [-0.25, -0.2) is 0 Å². The second-order valence-electron chi connectivity index (χ2n) is 2.95. The third-order valence-electron chi connectivity index (χ3n) is 2.23. The molecule has 0 spiro atoms. The molecule has 2 nitrogen and oxygen atoms in total. The van der Waals surface area contributed by atoms with Gasteiger partial charge in [0.25, 0.3) is 0 Å². The van der Waals surface area contributed by atoms with Crippen molar-refractivity contribution in [2.75, 3.05) is 0 Å². The maximum atomic E-state index is 5.22. The average Bonchev–Trinajstić information content (AvgIpc) is 2.57. The number of nitrogens with zero attached hydrogens (tertiary/aromatic N) is 1. The monoisotopic (exact) mass is 157 g/mol. The van der Waals surface area contributed by atoms with Crippen LogP contribution in [0.4, 0.5) is 0 Å². The van der Waals surface area contributed by atoms with Crippen LogP contribution >= 0.6 is 0 Å². The maximum Gasteiger partial charge on any atom is 0.173 e. The van der Waals surface area contributed by atoms with Gasteiger partial charge in [-0.1, -0.05) is 29.5 Å². The Balaban J connectivity index is 2.24. The second kappa shape index (κ2) is 1.97. The predicted molar refractivity (Wildman–Crippen MR) is 46.8 cm³/mol. The Morgan fingerprint density at radius 3 is 3.17 bits per heavy atom. The molecule has 1 heterocycles. The zero-order valence-electron chi connectivity index (χ0n) is 6.40. The van der Waals surface area contributed by atoms with Crippen molar-refractivity contribution < 1.29 is 4.84 Å². The van der Waals surface area contributed by atoms with Crippen molar-refractivity contribution in [1.82, 2.24) is 0 Å². The fourth-order valence-electron chi connectivity index (χ4n) is 1.65. The summed E-state index contributed by atoms with van der Waals surface area (Å²) in [5.74, 6) is 0. The van der Waals surface area contributed by atoms with Gasteiger partial charge in [0.2, 0.25) is 0 Å². The lowest BCUT2D eigenvalue weighted by Crippen LogP contribution is -2.06. The first-order chi connectivity index (χ1) is 5.95. The third kappa shape index (κ3) is 0.619. The molecule has 12 heavy (non-hydrogen) atoms. The van der Waals surface area contributed by atoms with Gasteiger partial charge >= 0.3 is 0 Å². The first kappa shape index (κ1) is 6.00. The summed E-state index contributed by atoms with van der Waals surface area (Å²) >= 11 is 0. The molecule has 2 aliphatic carbocycles. The Morgan fingerprint density at radius 1 is 1.17 bits per heavy atom. The van der Waals surface area contributed by atoms with Gasteiger partial charge < -0.3 is 4.84 Å². The van der Waals surface area contributed by atoms with Crippen molar-refractivity contribution in [3.8, 4) is 0 Å². The second-order valence-corrected chi connectivity index (χ2v) is 2.95. The minimum absolute atomic E-state index is 0.0417. The van der Waals surface area contributed by atoms with Gasteiger partial charge in [-0.05, 0) is 17.7 Å². The molecule has 0 saturated heterocycles. The van der Waals surface area contributed by atoms with Gasteiger partial charge in [-0.15, -0.1) is 0 Å². The SMILES string of the molecule is C1=CC2=C3C(=NOC3C=C1)C=C2. The van der Waals surface area contributed by atoms with E-state index in [1.807, 2.05) is 24.3 Å². The van der Waals surface area contributed by atoms with Crippen LogP contribution in [0.1, 0.15) is 0 Å². The standard InChI is InChI=1S/C10H7NO/c1-2-4-9-10-7(3-1)5-6-8(10)11-12-9/h1-6,9H. The summed E-state index contributed by atoms with van der Waals surface area (Å²) < 4.78 is 0. The van der Waals surface area contributed by atoms with Crippen molar-refractivity contribution in [3.63, 3.8) is 0 Å². The first-order valence-corrected chi connectivity index (χ1v) is 3.96. The van der Waals surface area contributed by atoms with E-state index in [1.165, 1.54) is 11.1 Å². The van der Waals surface area contributed by atoms with Gasteiger partial charge in [0.15, 0.2) is 6.10 Å². The van der Waals surface area contributed by atoms with E-state index in [9.17, 15) is 0 Å². The smallest absolute Gasteiger partial charge is 0.173 e. The fourth-order valence-corrected chi connectivity index (χ4v) is 1.65. The van der Waals surface area contributed by atoms with Crippen LogP contribution in [0.2, 0.25) is 0 Å². The molecule has 3 aliphatic rings. The molecular weight excluding hydrogens is 150 g/mol. The van der Waals surface area contributed by atoms with Crippen LogP contribution in [-0.4, -0.2) is 11.8 Å². The maximum absolute atomic E-state index is 5.22. The lowest BCUT2D eigenvalue weighted by Gasteiger charge is -2.03. The summed E-state index contributed by atoms with van der Waals surface area (Å²) in [6.45, 7) is 0. The minimum atomic E-state index is 0.0417. The number of hydrogen-bond acceptors (Lipinski definition) is 2.